The van der Waals surface area contributed by atoms with Crippen LogP contribution in [-0.4, -0.2) is 27.5 Å². The van der Waals surface area contributed by atoms with Crippen LogP contribution < -0.4 is 5.56 Å². The van der Waals surface area contributed by atoms with Gasteiger partial charge in [-0.2, -0.15) is 0 Å². The smallest absolute Gasteiger partial charge is 0.276 e. The molecule has 0 bridgehead atoms. The van der Waals surface area contributed by atoms with Gasteiger partial charge in [0.2, 0.25) is 5.56 Å². The molecule has 1 aliphatic carbocycles. The Morgan fingerprint density at radius 1 is 1.38 bits per heavy atom. The van der Waals surface area contributed by atoms with Gasteiger partial charge in [-0.15, -0.1) is 0 Å². The number of pyridine rings is 1. The fourth-order valence-corrected chi connectivity index (χ4v) is 2.74. The van der Waals surface area contributed by atoms with Crippen LogP contribution in [0, 0.1) is 0 Å². The summed E-state index contributed by atoms with van der Waals surface area (Å²) in [6.45, 7) is 1.08. The van der Waals surface area contributed by atoms with Crippen LogP contribution in [-0.2, 0) is 13.0 Å². The summed E-state index contributed by atoms with van der Waals surface area (Å²) < 4.78 is 5.24. The van der Waals surface area contributed by atoms with E-state index >= 15 is 0 Å². The van der Waals surface area contributed by atoms with Crippen molar-refractivity contribution in [2.75, 3.05) is 6.54 Å². The van der Waals surface area contributed by atoms with Gasteiger partial charge in [0, 0.05) is 43.3 Å². The summed E-state index contributed by atoms with van der Waals surface area (Å²) in [4.78, 5) is 28.3. The van der Waals surface area contributed by atoms with Gasteiger partial charge >= 0.3 is 0 Å². The van der Waals surface area contributed by atoms with Crippen molar-refractivity contribution in [3.05, 3.63) is 51.3 Å². The molecule has 1 fully saturated rings. The zero-order valence-corrected chi connectivity index (χ0v) is 11.5. The molecule has 0 saturated heterocycles. The third kappa shape index (κ3) is 2.26. The second kappa shape index (κ2) is 4.58. The van der Waals surface area contributed by atoms with E-state index in [1.165, 1.54) is 6.07 Å². The Labute approximate surface area is 120 Å². The van der Waals surface area contributed by atoms with Crippen molar-refractivity contribution in [3.8, 4) is 0 Å². The molecular weight excluding hydrogens is 270 g/mol. The lowest BCUT2D eigenvalue weighted by Crippen LogP contribution is -2.37. The van der Waals surface area contributed by atoms with Gasteiger partial charge in [-0.3, -0.25) is 9.59 Å². The normalized spacial score (nSPS) is 17.6. The van der Waals surface area contributed by atoms with Crippen LogP contribution in [0.25, 0.3) is 0 Å². The van der Waals surface area contributed by atoms with E-state index in [9.17, 15) is 9.59 Å². The number of aromatic nitrogens is 2. The highest BCUT2D eigenvalue weighted by Crippen LogP contribution is 2.40. The molecule has 2 aromatic heterocycles. The highest BCUT2D eigenvalue weighted by atomic mass is 16.5. The highest BCUT2D eigenvalue weighted by Gasteiger charge is 2.30. The van der Waals surface area contributed by atoms with Crippen LogP contribution in [0.5, 0.6) is 0 Å². The lowest BCUT2D eigenvalue weighted by Gasteiger charge is -2.27. The van der Waals surface area contributed by atoms with Gasteiger partial charge in [0.1, 0.15) is 5.76 Å². The van der Waals surface area contributed by atoms with Crippen molar-refractivity contribution >= 4 is 5.91 Å². The van der Waals surface area contributed by atoms with E-state index in [1.54, 1.807) is 17.0 Å². The molecule has 4 rings (SSSR count). The van der Waals surface area contributed by atoms with Crippen LogP contribution in [0.15, 0.2) is 27.5 Å². The Morgan fingerprint density at radius 2 is 2.24 bits per heavy atom. The molecule has 2 aliphatic rings. The first-order valence-electron chi connectivity index (χ1n) is 7.17. The molecule has 21 heavy (non-hydrogen) atoms. The van der Waals surface area contributed by atoms with Crippen molar-refractivity contribution in [1.29, 1.82) is 0 Å². The van der Waals surface area contributed by atoms with Gasteiger partial charge in [-0.25, -0.2) is 0 Å². The molecule has 6 nitrogen and oxygen atoms in total. The average Bonchev–Trinajstić information content (AvgIpc) is 3.23. The first-order valence-corrected chi connectivity index (χ1v) is 7.17. The summed E-state index contributed by atoms with van der Waals surface area (Å²) in [5.74, 6) is 1.16. The predicted molar refractivity (Wildman–Crippen MR) is 74.0 cm³/mol. The lowest BCUT2D eigenvalue weighted by atomic mass is 10.1. The summed E-state index contributed by atoms with van der Waals surface area (Å²) in [7, 11) is 0. The van der Waals surface area contributed by atoms with Crippen molar-refractivity contribution in [1.82, 2.24) is 15.0 Å². The maximum Gasteiger partial charge on any atom is 0.276 e. The lowest BCUT2D eigenvalue weighted by molar-refractivity contribution is 0.0723. The van der Waals surface area contributed by atoms with E-state index in [0.29, 0.717) is 31.1 Å². The number of aromatic amines is 1. The zero-order chi connectivity index (χ0) is 14.4. The Bertz CT molecular complexity index is 758. The van der Waals surface area contributed by atoms with E-state index in [-0.39, 0.29) is 11.5 Å². The minimum atomic E-state index is -0.109. The average molecular weight is 285 g/mol. The number of nitrogens with zero attached hydrogens (tertiary/aromatic N) is 2. The summed E-state index contributed by atoms with van der Waals surface area (Å²) in [5.41, 5.74) is 2.19. The van der Waals surface area contributed by atoms with Gasteiger partial charge < -0.3 is 14.4 Å². The topological polar surface area (TPSA) is 79.2 Å². The Morgan fingerprint density at radius 3 is 3.05 bits per heavy atom. The van der Waals surface area contributed by atoms with Crippen LogP contribution >= 0.6 is 0 Å². The van der Waals surface area contributed by atoms with Crippen molar-refractivity contribution in [2.45, 2.75) is 31.7 Å². The molecule has 3 heterocycles. The number of fused-ring (bicyclic) bond motifs is 1. The number of H-pyrrole nitrogens is 1. The zero-order valence-electron chi connectivity index (χ0n) is 11.5. The molecule has 1 N–H and O–H groups in total. The fourth-order valence-electron chi connectivity index (χ4n) is 2.74. The first kappa shape index (κ1) is 12.4. The molecule has 1 saturated carbocycles. The second-order valence-corrected chi connectivity index (χ2v) is 5.69. The molecule has 0 spiro atoms. The van der Waals surface area contributed by atoms with Gasteiger partial charge in [0.05, 0.1) is 0 Å². The van der Waals surface area contributed by atoms with Crippen molar-refractivity contribution < 1.29 is 9.32 Å². The van der Waals surface area contributed by atoms with E-state index in [2.05, 4.69) is 10.1 Å². The monoisotopic (exact) mass is 285 g/mol. The van der Waals surface area contributed by atoms with Crippen LogP contribution in [0.4, 0.5) is 0 Å². The Kier molecular flexibility index (Phi) is 2.70. The second-order valence-electron chi connectivity index (χ2n) is 5.69. The molecule has 0 unspecified atom stereocenters. The van der Waals surface area contributed by atoms with Crippen LogP contribution in [0.2, 0.25) is 0 Å². The third-order valence-corrected chi connectivity index (χ3v) is 4.10. The summed E-state index contributed by atoms with van der Waals surface area (Å²) >= 11 is 0. The van der Waals surface area contributed by atoms with Crippen LogP contribution in [0.3, 0.4) is 0 Å². The molecule has 0 radical (unpaired) electrons. The van der Waals surface area contributed by atoms with Crippen molar-refractivity contribution in [3.63, 3.8) is 0 Å². The summed E-state index contributed by atoms with van der Waals surface area (Å²) in [6.07, 6.45) is 2.89. The minimum absolute atomic E-state index is 0.0981. The highest BCUT2D eigenvalue weighted by molar-refractivity contribution is 5.92. The van der Waals surface area contributed by atoms with Gasteiger partial charge in [0.25, 0.3) is 5.91 Å². The van der Waals surface area contributed by atoms with Crippen molar-refractivity contribution in [2.24, 2.45) is 0 Å². The van der Waals surface area contributed by atoms with E-state index < -0.39 is 0 Å². The SMILES string of the molecule is O=C(c1cc(C2CC2)on1)N1CCc2[nH]c(=O)ccc2C1. The summed E-state index contributed by atoms with van der Waals surface area (Å²) in [6, 6.07) is 5.04. The van der Waals surface area contributed by atoms with E-state index in [1.807, 2.05) is 0 Å². The number of hydrogen-bond donors (Lipinski definition) is 1. The molecule has 1 amide bonds. The Balaban J connectivity index is 1.55. The van der Waals surface area contributed by atoms with Crippen LogP contribution in [0.1, 0.15) is 46.3 Å². The molecule has 0 atom stereocenters. The largest absolute Gasteiger partial charge is 0.360 e. The molecule has 1 aliphatic heterocycles. The van der Waals surface area contributed by atoms with Gasteiger partial charge in [-0.1, -0.05) is 11.2 Å². The molecule has 6 heteroatoms. The molecule has 108 valence electrons. The molecular formula is C15H15N3O3. The maximum atomic E-state index is 12.5. The maximum absolute atomic E-state index is 12.5. The summed E-state index contributed by atoms with van der Waals surface area (Å²) in [5, 5.41) is 3.90. The van der Waals surface area contributed by atoms with E-state index in [0.717, 1.165) is 29.9 Å². The Hall–Kier alpha value is -2.37. The number of rotatable bonds is 2. The number of carbonyl (C=O) groups excluding carboxylic acids is 1. The number of hydrogen-bond acceptors (Lipinski definition) is 4. The fraction of sp³-hybridized carbons (Fsp3) is 0.400. The first-order chi connectivity index (χ1) is 10.2. The van der Waals surface area contributed by atoms with E-state index in [4.69, 9.17) is 4.52 Å². The standard InChI is InChI=1S/C15H15N3O3/c19-14-4-3-10-8-18(6-5-11(10)16-14)15(20)12-7-13(21-17-12)9-1-2-9/h3-4,7,9H,1-2,5-6,8H2,(H,16,19). The number of carbonyl (C=O) groups is 1. The number of nitrogens with one attached hydrogen (secondary N) is 1. The minimum Gasteiger partial charge on any atom is -0.360 e. The quantitative estimate of drug-likeness (QED) is 0.905. The predicted octanol–water partition coefficient (Wildman–Crippen LogP) is 1.44. The number of amides is 1. The van der Waals surface area contributed by atoms with Gasteiger partial charge in [0.15, 0.2) is 5.69 Å². The third-order valence-electron chi connectivity index (χ3n) is 4.10. The molecule has 0 aromatic carbocycles. The van der Waals surface area contributed by atoms with Gasteiger partial charge in [-0.05, 0) is 18.4 Å². The molecule has 2 aromatic rings.